The third-order valence-electron chi connectivity index (χ3n) is 3.84. The number of rotatable bonds is 7. The van der Waals surface area contributed by atoms with E-state index in [9.17, 15) is 14.7 Å². The second-order valence-corrected chi connectivity index (χ2v) is 5.95. The summed E-state index contributed by atoms with van der Waals surface area (Å²) in [4.78, 5) is 23.6. The molecule has 1 atom stereocenters. The summed E-state index contributed by atoms with van der Waals surface area (Å²) in [6.45, 7) is 6.28. The van der Waals surface area contributed by atoms with Gasteiger partial charge in [0.25, 0.3) is 5.91 Å². The SMILES string of the molecule is C/C=C/CC(NC(=O)c1cccc(Cn2nc(C)cc2C)c1)C(=O)O. The largest absolute Gasteiger partial charge is 0.480 e. The molecule has 0 aliphatic rings. The maximum atomic E-state index is 12.4. The second-order valence-electron chi connectivity index (χ2n) is 5.95. The van der Waals surface area contributed by atoms with Gasteiger partial charge in [-0.2, -0.15) is 5.10 Å². The lowest BCUT2D eigenvalue weighted by atomic mass is 10.1. The summed E-state index contributed by atoms with van der Waals surface area (Å²) < 4.78 is 1.87. The molecule has 0 saturated carbocycles. The average Bonchev–Trinajstić information content (AvgIpc) is 2.88. The zero-order chi connectivity index (χ0) is 18.4. The van der Waals surface area contributed by atoms with E-state index < -0.39 is 17.9 Å². The van der Waals surface area contributed by atoms with Crippen LogP contribution in [0.1, 0.15) is 40.7 Å². The summed E-state index contributed by atoms with van der Waals surface area (Å²) in [6, 6.07) is 8.20. The van der Waals surface area contributed by atoms with Crippen LogP contribution in [0.2, 0.25) is 0 Å². The molecular weight excluding hydrogens is 318 g/mol. The van der Waals surface area contributed by atoms with Crippen molar-refractivity contribution in [1.29, 1.82) is 0 Å². The molecule has 1 unspecified atom stereocenters. The minimum Gasteiger partial charge on any atom is -0.480 e. The number of carbonyl (C=O) groups is 2. The topological polar surface area (TPSA) is 84.2 Å². The molecule has 6 heteroatoms. The highest BCUT2D eigenvalue weighted by atomic mass is 16.4. The fourth-order valence-electron chi connectivity index (χ4n) is 2.55. The van der Waals surface area contributed by atoms with Gasteiger partial charge < -0.3 is 10.4 Å². The van der Waals surface area contributed by atoms with Gasteiger partial charge >= 0.3 is 5.97 Å². The summed E-state index contributed by atoms with van der Waals surface area (Å²) in [7, 11) is 0. The highest BCUT2D eigenvalue weighted by Crippen LogP contribution is 2.10. The lowest BCUT2D eigenvalue weighted by molar-refractivity contribution is -0.139. The normalized spacial score (nSPS) is 12.3. The summed E-state index contributed by atoms with van der Waals surface area (Å²) in [5.74, 6) is -1.45. The van der Waals surface area contributed by atoms with Crippen molar-refractivity contribution in [1.82, 2.24) is 15.1 Å². The molecule has 1 aromatic carbocycles. The van der Waals surface area contributed by atoms with Crippen molar-refractivity contribution in [3.05, 3.63) is 65.0 Å². The van der Waals surface area contributed by atoms with E-state index in [0.717, 1.165) is 17.0 Å². The van der Waals surface area contributed by atoms with E-state index >= 15 is 0 Å². The summed E-state index contributed by atoms with van der Waals surface area (Å²) >= 11 is 0. The molecule has 2 rings (SSSR count). The molecule has 0 aliphatic carbocycles. The number of carboxylic acid groups (broad SMARTS) is 1. The predicted molar refractivity (Wildman–Crippen MR) is 95.6 cm³/mol. The summed E-state index contributed by atoms with van der Waals surface area (Å²) in [5.41, 5.74) is 3.36. The molecule has 0 spiro atoms. The van der Waals surface area contributed by atoms with Crippen LogP contribution in [0.15, 0.2) is 42.5 Å². The fraction of sp³-hybridized carbons (Fsp3) is 0.316. The number of hydrogen-bond donors (Lipinski definition) is 2. The molecule has 1 aromatic heterocycles. The van der Waals surface area contributed by atoms with Crippen LogP contribution in [0.25, 0.3) is 0 Å². The Balaban J connectivity index is 2.12. The number of carbonyl (C=O) groups excluding carboxylic acids is 1. The summed E-state index contributed by atoms with van der Waals surface area (Å²) in [5, 5.41) is 16.2. The molecule has 6 nitrogen and oxygen atoms in total. The number of nitrogens with one attached hydrogen (secondary N) is 1. The Kier molecular flexibility index (Phi) is 6.11. The van der Waals surface area contributed by atoms with Crippen LogP contribution < -0.4 is 5.32 Å². The second kappa shape index (κ2) is 8.28. The van der Waals surface area contributed by atoms with Gasteiger partial charge in [0.15, 0.2) is 0 Å². The molecule has 0 bridgehead atoms. The highest BCUT2D eigenvalue weighted by molar-refractivity contribution is 5.96. The van der Waals surface area contributed by atoms with Gasteiger partial charge in [0.2, 0.25) is 0 Å². The van der Waals surface area contributed by atoms with E-state index in [1.165, 1.54) is 0 Å². The first kappa shape index (κ1) is 18.4. The Hall–Kier alpha value is -2.89. The third kappa shape index (κ3) is 5.04. The van der Waals surface area contributed by atoms with Crippen molar-refractivity contribution in [3.63, 3.8) is 0 Å². The van der Waals surface area contributed by atoms with Crippen molar-refractivity contribution in [3.8, 4) is 0 Å². The first-order chi connectivity index (χ1) is 11.9. The standard InChI is InChI=1S/C19H23N3O3/c1-4-5-9-17(19(24)25)20-18(23)16-8-6-7-15(11-16)12-22-14(3)10-13(2)21-22/h4-8,10-11,17H,9,12H2,1-3H3,(H,20,23)(H,24,25)/b5-4+. The molecule has 0 saturated heterocycles. The highest BCUT2D eigenvalue weighted by Gasteiger charge is 2.19. The van der Waals surface area contributed by atoms with Crippen LogP contribution in [0.4, 0.5) is 0 Å². The van der Waals surface area contributed by atoms with Gasteiger partial charge in [0, 0.05) is 11.3 Å². The van der Waals surface area contributed by atoms with E-state index in [1.54, 1.807) is 30.4 Å². The number of hydrogen-bond acceptors (Lipinski definition) is 3. The van der Waals surface area contributed by atoms with E-state index in [0.29, 0.717) is 12.1 Å². The van der Waals surface area contributed by atoms with Gasteiger partial charge in [-0.05, 0) is 51.0 Å². The van der Waals surface area contributed by atoms with Gasteiger partial charge in [-0.25, -0.2) is 4.79 Å². The van der Waals surface area contributed by atoms with Crippen molar-refractivity contribution >= 4 is 11.9 Å². The molecule has 132 valence electrons. The van der Waals surface area contributed by atoms with E-state index in [4.69, 9.17) is 0 Å². The smallest absolute Gasteiger partial charge is 0.326 e. The molecule has 2 N–H and O–H groups in total. The first-order valence-corrected chi connectivity index (χ1v) is 8.15. The van der Waals surface area contributed by atoms with Crippen LogP contribution in [0.5, 0.6) is 0 Å². The van der Waals surface area contributed by atoms with Crippen molar-refractivity contribution in [2.45, 2.75) is 39.8 Å². The zero-order valence-corrected chi connectivity index (χ0v) is 14.7. The van der Waals surface area contributed by atoms with Crippen LogP contribution in [0, 0.1) is 13.8 Å². The Morgan fingerprint density at radius 3 is 2.68 bits per heavy atom. The molecule has 25 heavy (non-hydrogen) atoms. The van der Waals surface area contributed by atoms with Crippen molar-refractivity contribution in [2.24, 2.45) is 0 Å². The van der Waals surface area contributed by atoms with E-state index in [2.05, 4.69) is 10.4 Å². The predicted octanol–water partition coefficient (Wildman–Crippen LogP) is 2.70. The number of benzene rings is 1. The maximum absolute atomic E-state index is 12.4. The quantitative estimate of drug-likeness (QED) is 0.758. The Morgan fingerprint density at radius 2 is 2.08 bits per heavy atom. The van der Waals surface area contributed by atoms with E-state index in [-0.39, 0.29) is 6.42 Å². The van der Waals surface area contributed by atoms with Crippen LogP contribution in [0.3, 0.4) is 0 Å². The monoisotopic (exact) mass is 341 g/mol. The zero-order valence-electron chi connectivity index (χ0n) is 14.7. The Bertz CT molecular complexity index is 793. The van der Waals surface area contributed by atoms with Gasteiger partial charge in [-0.15, -0.1) is 0 Å². The maximum Gasteiger partial charge on any atom is 0.326 e. The number of aliphatic carboxylic acids is 1. The lowest BCUT2D eigenvalue weighted by Crippen LogP contribution is -2.40. The molecule has 1 heterocycles. The Labute approximate surface area is 147 Å². The van der Waals surface area contributed by atoms with Crippen LogP contribution in [-0.4, -0.2) is 32.8 Å². The van der Waals surface area contributed by atoms with Gasteiger partial charge in [-0.3, -0.25) is 9.48 Å². The first-order valence-electron chi connectivity index (χ1n) is 8.15. The molecule has 1 amide bonds. The number of nitrogens with zero attached hydrogens (tertiary/aromatic N) is 2. The minimum atomic E-state index is -1.05. The molecule has 0 fully saturated rings. The third-order valence-corrected chi connectivity index (χ3v) is 3.84. The van der Waals surface area contributed by atoms with Crippen molar-refractivity contribution in [2.75, 3.05) is 0 Å². The lowest BCUT2D eigenvalue weighted by Gasteiger charge is -2.13. The van der Waals surface area contributed by atoms with Gasteiger partial charge in [-0.1, -0.05) is 24.3 Å². The minimum absolute atomic E-state index is 0.253. The van der Waals surface area contributed by atoms with Gasteiger partial charge in [0.05, 0.1) is 12.2 Å². The number of amides is 1. The van der Waals surface area contributed by atoms with Crippen LogP contribution >= 0.6 is 0 Å². The number of carboxylic acids is 1. The van der Waals surface area contributed by atoms with Crippen LogP contribution in [-0.2, 0) is 11.3 Å². The molecule has 0 aliphatic heterocycles. The number of allylic oxidation sites excluding steroid dienone is 1. The number of aromatic nitrogens is 2. The van der Waals surface area contributed by atoms with E-state index in [1.807, 2.05) is 37.6 Å². The number of aryl methyl sites for hydroxylation is 2. The van der Waals surface area contributed by atoms with Crippen molar-refractivity contribution < 1.29 is 14.7 Å². The molecule has 2 aromatic rings. The molecule has 0 radical (unpaired) electrons. The molecular formula is C19H23N3O3. The fourth-order valence-corrected chi connectivity index (χ4v) is 2.55. The summed E-state index contributed by atoms with van der Waals surface area (Å²) in [6.07, 6.45) is 3.73. The Morgan fingerprint density at radius 1 is 1.32 bits per heavy atom. The average molecular weight is 341 g/mol. The van der Waals surface area contributed by atoms with Gasteiger partial charge in [0.1, 0.15) is 6.04 Å².